The first-order chi connectivity index (χ1) is 11.9. The van der Waals surface area contributed by atoms with Crippen LogP contribution in [0.4, 0.5) is 5.69 Å². The molecule has 1 atom stereocenters. The zero-order valence-electron chi connectivity index (χ0n) is 15.6. The lowest BCUT2D eigenvalue weighted by Gasteiger charge is -2.38. The molecule has 2 rings (SSSR count). The van der Waals surface area contributed by atoms with Crippen LogP contribution in [0, 0.1) is 6.92 Å². The maximum atomic E-state index is 12.6. The number of aliphatic imine (C=N–C) groups is 1. The molecule has 0 bridgehead atoms. The van der Waals surface area contributed by atoms with Gasteiger partial charge in [0.1, 0.15) is 11.2 Å². The van der Waals surface area contributed by atoms with E-state index in [9.17, 15) is 4.79 Å². The summed E-state index contributed by atoms with van der Waals surface area (Å²) in [4.78, 5) is 19.3. The van der Waals surface area contributed by atoms with Crippen LogP contribution in [0.25, 0.3) is 0 Å². The van der Waals surface area contributed by atoms with Crippen molar-refractivity contribution < 1.29 is 4.79 Å². The smallest absolute Gasteiger partial charge is 0.247 e. The molecule has 4 nitrogen and oxygen atoms in total. The topological polar surface area (TPSA) is 44.7 Å². The minimum absolute atomic E-state index is 0.0247. The van der Waals surface area contributed by atoms with E-state index >= 15 is 0 Å². The van der Waals surface area contributed by atoms with Gasteiger partial charge in [0, 0.05) is 5.69 Å². The first kappa shape index (κ1) is 19.3. The number of piperazine rings is 1. The molecule has 1 aromatic carbocycles. The van der Waals surface area contributed by atoms with E-state index in [1.54, 1.807) is 0 Å². The maximum Gasteiger partial charge on any atom is 0.247 e. The monoisotopic (exact) mass is 359 g/mol. The number of halogens is 1. The van der Waals surface area contributed by atoms with Gasteiger partial charge < -0.3 is 10.2 Å². The molecular formula is C20H26ClN3O. The van der Waals surface area contributed by atoms with Crippen molar-refractivity contribution in [3.63, 3.8) is 0 Å². The van der Waals surface area contributed by atoms with Crippen molar-refractivity contribution in [3.05, 3.63) is 52.3 Å². The summed E-state index contributed by atoms with van der Waals surface area (Å²) >= 11 is 6.42. The molecule has 0 spiro atoms. The maximum absolute atomic E-state index is 12.6. The van der Waals surface area contributed by atoms with E-state index in [1.165, 1.54) is 0 Å². The van der Waals surface area contributed by atoms with Crippen molar-refractivity contribution in [2.45, 2.75) is 53.5 Å². The van der Waals surface area contributed by atoms with E-state index < -0.39 is 0 Å². The average Bonchev–Trinajstić information content (AvgIpc) is 2.61. The largest absolute Gasteiger partial charge is 0.321 e. The quantitative estimate of drug-likeness (QED) is 0.777. The molecule has 5 heteroatoms. The molecule has 25 heavy (non-hydrogen) atoms. The lowest BCUT2D eigenvalue weighted by Crippen LogP contribution is -2.57. The molecule has 1 fully saturated rings. The Morgan fingerprint density at radius 2 is 2.12 bits per heavy atom. The summed E-state index contributed by atoms with van der Waals surface area (Å²) in [6, 6.07) is 7.77. The van der Waals surface area contributed by atoms with Crippen LogP contribution in [0.2, 0.25) is 0 Å². The van der Waals surface area contributed by atoms with Gasteiger partial charge in [0.05, 0.1) is 5.70 Å². The fourth-order valence-corrected chi connectivity index (χ4v) is 2.98. The lowest BCUT2D eigenvalue weighted by molar-refractivity contribution is -0.121. The fraction of sp³-hybridized carbons (Fsp3) is 0.400. The van der Waals surface area contributed by atoms with E-state index in [1.807, 2.05) is 63.8 Å². The zero-order valence-corrected chi connectivity index (χ0v) is 16.3. The van der Waals surface area contributed by atoms with Crippen molar-refractivity contribution in [2.24, 2.45) is 4.99 Å². The molecule has 1 aliphatic rings. The molecule has 1 unspecified atom stereocenters. The molecule has 0 radical (unpaired) electrons. The number of hydrogen-bond donors (Lipinski definition) is 1. The van der Waals surface area contributed by atoms with Crippen LogP contribution in [0.5, 0.6) is 0 Å². The van der Waals surface area contributed by atoms with Gasteiger partial charge >= 0.3 is 0 Å². The predicted molar refractivity (Wildman–Crippen MR) is 106 cm³/mol. The molecule has 1 heterocycles. The molecule has 1 N–H and O–H groups in total. The van der Waals surface area contributed by atoms with E-state index in [4.69, 9.17) is 11.6 Å². The number of anilines is 1. The number of amides is 1. The van der Waals surface area contributed by atoms with Crippen molar-refractivity contribution >= 4 is 29.0 Å². The highest BCUT2D eigenvalue weighted by Crippen LogP contribution is 2.27. The average molecular weight is 360 g/mol. The van der Waals surface area contributed by atoms with Gasteiger partial charge in [0.15, 0.2) is 5.84 Å². The van der Waals surface area contributed by atoms with Gasteiger partial charge in [-0.15, -0.1) is 0 Å². The molecule has 0 saturated carbocycles. The second-order valence-corrected chi connectivity index (χ2v) is 6.54. The standard InChI is InChI=1S/C20H26ClN3O/c1-6-14(5)18(21)23-19-16(7-2)22-20(25)17(8-3)24(19)15-11-9-10-13(4)12-15/h7,9-12,17H,6,8H2,1-5H3,(H,22,25). The summed E-state index contributed by atoms with van der Waals surface area (Å²) in [7, 11) is 0. The number of benzene rings is 1. The summed E-state index contributed by atoms with van der Waals surface area (Å²) in [5.74, 6) is 0.653. The number of rotatable bonds is 4. The molecule has 1 amide bonds. The third-order valence-corrected chi connectivity index (χ3v) is 4.79. The Kier molecular flexibility index (Phi) is 6.43. The second-order valence-electron chi connectivity index (χ2n) is 6.18. The van der Waals surface area contributed by atoms with Gasteiger partial charge in [0.25, 0.3) is 0 Å². The van der Waals surface area contributed by atoms with Gasteiger partial charge in [0.2, 0.25) is 5.91 Å². The van der Waals surface area contributed by atoms with Gasteiger partial charge in [-0.05, 0) is 56.9 Å². The fourth-order valence-electron chi connectivity index (χ4n) is 2.76. The number of amidine groups is 1. The molecule has 1 aliphatic heterocycles. The highest BCUT2D eigenvalue weighted by atomic mass is 35.5. The number of carbonyl (C=O) groups is 1. The van der Waals surface area contributed by atoms with Crippen LogP contribution >= 0.6 is 11.6 Å². The van der Waals surface area contributed by atoms with Gasteiger partial charge in [-0.3, -0.25) is 4.79 Å². The minimum atomic E-state index is -0.323. The highest BCUT2D eigenvalue weighted by Gasteiger charge is 2.36. The van der Waals surface area contributed by atoms with E-state index in [2.05, 4.69) is 16.4 Å². The Labute approximate surface area is 155 Å². The Hall–Kier alpha value is -2.07. The summed E-state index contributed by atoms with van der Waals surface area (Å²) < 4.78 is 0. The van der Waals surface area contributed by atoms with Crippen molar-refractivity contribution in [1.29, 1.82) is 0 Å². The number of carbonyl (C=O) groups excluding carboxylic acids is 1. The molecular weight excluding hydrogens is 334 g/mol. The van der Waals surface area contributed by atoms with Gasteiger partial charge in [-0.25, -0.2) is 4.99 Å². The van der Waals surface area contributed by atoms with Crippen LogP contribution in [0.15, 0.2) is 51.8 Å². The number of allylic oxidation sites excluding steroid dienone is 2. The summed E-state index contributed by atoms with van der Waals surface area (Å²) in [6.45, 7) is 9.94. The predicted octanol–water partition coefficient (Wildman–Crippen LogP) is 4.89. The molecule has 0 aromatic heterocycles. The third kappa shape index (κ3) is 4.13. The minimum Gasteiger partial charge on any atom is -0.321 e. The second kappa shape index (κ2) is 8.34. The number of nitrogens with zero attached hydrogens (tertiary/aromatic N) is 2. The van der Waals surface area contributed by atoms with Crippen LogP contribution in [-0.2, 0) is 4.79 Å². The molecule has 1 saturated heterocycles. The third-order valence-electron chi connectivity index (χ3n) is 4.38. The number of hydrogen-bond acceptors (Lipinski definition) is 2. The van der Waals surface area contributed by atoms with Crippen LogP contribution in [0.1, 0.15) is 46.1 Å². The van der Waals surface area contributed by atoms with Crippen LogP contribution in [0.3, 0.4) is 0 Å². The lowest BCUT2D eigenvalue weighted by atomic mass is 10.0. The zero-order chi connectivity index (χ0) is 18.6. The SMILES string of the molecule is CC=C1NC(=O)C(CC)N(c2cccc(C)c2)C1=NC(Cl)=C(C)CC. The first-order valence-corrected chi connectivity index (χ1v) is 9.08. The summed E-state index contributed by atoms with van der Waals surface area (Å²) in [6.07, 6.45) is 3.36. The number of nitrogens with one attached hydrogen (secondary N) is 1. The Morgan fingerprint density at radius 3 is 2.68 bits per heavy atom. The van der Waals surface area contributed by atoms with E-state index in [0.717, 1.165) is 23.2 Å². The molecule has 134 valence electrons. The normalized spacial score (nSPS) is 22.2. The van der Waals surface area contributed by atoms with Gasteiger partial charge in [-0.1, -0.05) is 43.7 Å². The molecule has 1 aromatic rings. The number of aryl methyl sites for hydroxylation is 1. The molecule has 0 aliphatic carbocycles. The van der Waals surface area contributed by atoms with Crippen LogP contribution in [-0.4, -0.2) is 17.8 Å². The van der Waals surface area contributed by atoms with Crippen molar-refractivity contribution in [1.82, 2.24) is 5.32 Å². The Bertz CT molecular complexity index is 749. The van der Waals surface area contributed by atoms with Crippen LogP contribution < -0.4 is 10.2 Å². The van der Waals surface area contributed by atoms with E-state index in [-0.39, 0.29) is 11.9 Å². The summed E-state index contributed by atoms with van der Waals surface area (Å²) in [5.41, 5.74) is 3.77. The highest BCUT2D eigenvalue weighted by molar-refractivity contribution is 6.31. The Morgan fingerprint density at radius 1 is 1.40 bits per heavy atom. The van der Waals surface area contributed by atoms with Crippen molar-refractivity contribution in [2.75, 3.05) is 4.90 Å². The first-order valence-electron chi connectivity index (χ1n) is 8.70. The summed E-state index contributed by atoms with van der Waals surface area (Å²) in [5, 5.41) is 3.43. The van der Waals surface area contributed by atoms with Crippen molar-refractivity contribution in [3.8, 4) is 0 Å². The Balaban J connectivity index is 2.67. The van der Waals surface area contributed by atoms with E-state index in [0.29, 0.717) is 23.1 Å². The van der Waals surface area contributed by atoms with Gasteiger partial charge in [-0.2, -0.15) is 0 Å².